The van der Waals surface area contributed by atoms with Gasteiger partial charge in [0.25, 0.3) is 5.91 Å². The predicted molar refractivity (Wildman–Crippen MR) is 75.8 cm³/mol. The van der Waals surface area contributed by atoms with Crippen molar-refractivity contribution < 1.29 is 9.53 Å². The van der Waals surface area contributed by atoms with E-state index >= 15 is 0 Å². The van der Waals surface area contributed by atoms with Gasteiger partial charge in [-0.1, -0.05) is 6.07 Å². The highest BCUT2D eigenvalue weighted by Gasteiger charge is 2.33. The lowest BCUT2D eigenvalue weighted by molar-refractivity contribution is 0.0181. The van der Waals surface area contributed by atoms with E-state index in [1.807, 2.05) is 17.5 Å². The molecule has 100 valence electrons. The number of hydrogen-bond donors (Lipinski definition) is 0. The van der Waals surface area contributed by atoms with Crippen LogP contribution in [0, 0.1) is 11.3 Å². The quantitative estimate of drug-likeness (QED) is 0.870. The summed E-state index contributed by atoms with van der Waals surface area (Å²) in [6, 6.07) is 12.8. The second kappa shape index (κ2) is 5.35. The fraction of sp³-hybridized carbons (Fsp3) is 0.200. The van der Waals surface area contributed by atoms with Crippen LogP contribution in [0.3, 0.4) is 0 Å². The minimum atomic E-state index is 0.0341. The second-order valence-electron chi connectivity index (χ2n) is 4.56. The zero-order valence-corrected chi connectivity index (χ0v) is 11.5. The molecule has 1 aliphatic heterocycles. The highest BCUT2D eigenvalue weighted by Crippen LogP contribution is 2.21. The Morgan fingerprint density at radius 3 is 2.65 bits per heavy atom. The number of thiophene rings is 1. The molecule has 1 aromatic heterocycles. The van der Waals surface area contributed by atoms with Crippen LogP contribution in [0.4, 0.5) is 0 Å². The van der Waals surface area contributed by atoms with Gasteiger partial charge in [0, 0.05) is 0 Å². The van der Waals surface area contributed by atoms with Crippen LogP contribution in [0.2, 0.25) is 0 Å². The summed E-state index contributed by atoms with van der Waals surface area (Å²) >= 11 is 1.46. The number of nitriles is 1. The van der Waals surface area contributed by atoms with Gasteiger partial charge in [0.05, 0.1) is 29.6 Å². The molecule has 0 saturated carbocycles. The molecule has 20 heavy (non-hydrogen) atoms. The van der Waals surface area contributed by atoms with Crippen LogP contribution in [0.15, 0.2) is 41.8 Å². The van der Waals surface area contributed by atoms with Crippen molar-refractivity contribution in [3.63, 3.8) is 0 Å². The van der Waals surface area contributed by atoms with Gasteiger partial charge < -0.3 is 9.64 Å². The van der Waals surface area contributed by atoms with Crippen LogP contribution in [0.1, 0.15) is 15.2 Å². The van der Waals surface area contributed by atoms with E-state index < -0.39 is 0 Å². The van der Waals surface area contributed by atoms with Gasteiger partial charge in [-0.05, 0) is 35.7 Å². The van der Waals surface area contributed by atoms with Gasteiger partial charge in [0.2, 0.25) is 0 Å². The molecule has 0 unspecified atom stereocenters. The molecule has 0 aliphatic carbocycles. The number of benzene rings is 1. The summed E-state index contributed by atoms with van der Waals surface area (Å²) in [6.07, 6.45) is 0.0341. The number of likely N-dealkylation sites (tertiary alicyclic amines) is 1. The van der Waals surface area contributed by atoms with Crippen molar-refractivity contribution in [1.29, 1.82) is 5.26 Å². The van der Waals surface area contributed by atoms with Crippen LogP contribution in [-0.4, -0.2) is 30.0 Å². The largest absolute Gasteiger partial charge is 0.487 e. The van der Waals surface area contributed by atoms with Gasteiger partial charge >= 0.3 is 0 Å². The van der Waals surface area contributed by atoms with Gasteiger partial charge in [-0.2, -0.15) is 5.26 Å². The van der Waals surface area contributed by atoms with Gasteiger partial charge in [-0.25, -0.2) is 0 Å². The van der Waals surface area contributed by atoms with Crippen LogP contribution in [0.25, 0.3) is 0 Å². The average Bonchev–Trinajstić information content (AvgIpc) is 2.96. The van der Waals surface area contributed by atoms with Crippen LogP contribution in [0.5, 0.6) is 5.75 Å². The Bertz CT molecular complexity index is 638. The molecule has 5 heteroatoms. The SMILES string of the molecule is N#Cc1ccc(OC2CN(C(=O)c3cccs3)C2)cc1. The summed E-state index contributed by atoms with van der Waals surface area (Å²) < 4.78 is 5.75. The highest BCUT2D eigenvalue weighted by atomic mass is 32.1. The summed E-state index contributed by atoms with van der Waals surface area (Å²) in [5.74, 6) is 0.803. The van der Waals surface area contributed by atoms with Crippen molar-refractivity contribution in [2.75, 3.05) is 13.1 Å². The van der Waals surface area contributed by atoms with Crippen molar-refractivity contribution in [3.8, 4) is 11.8 Å². The molecule has 1 amide bonds. The molecule has 1 aliphatic rings. The molecular formula is C15H12N2O2S. The molecule has 2 aromatic rings. The number of carbonyl (C=O) groups excluding carboxylic acids is 1. The van der Waals surface area contributed by atoms with Gasteiger partial charge in [0.1, 0.15) is 11.9 Å². The average molecular weight is 284 g/mol. The number of hydrogen-bond acceptors (Lipinski definition) is 4. The topological polar surface area (TPSA) is 53.3 Å². The zero-order valence-electron chi connectivity index (χ0n) is 10.7. The van der Waals surface area contributed by atoms with Crippen molar-refractivity contribution in [3.05, 3.63) is 52.2 Å². The molecule has 0 N–H and O–H groups in total. The van der Waals surface area contributed by atoms with Crippen molar-refractivity contribution in [2.45, 2.75) is 6.10 Å². The molecule has 0 radical (unpaired) electrons. The first-order valence-electron chi connectivity index (χ1n) is 6.26. The monoisotopic (exact) mass is 284 g/mol. The molecular weight excluding hydrogens is 272 g/mol. The first-order valence-corrected chi connectivity index (χ1v) is 7.14. The van der Waals surface area contributed by atoms with E-state index in [0.29, 0.717) is 18.7 Å². The predicted octanol–water partition coefficient (Wildman–Crippen LogP) is 2.52. The Labute approximate surface area is 120 Å². The van der Waals surface area contributed by atoms with Crippen LogP contribution >= 0.6 is 11.3 Å². The lowest BCUT2D eigenvalue weighted by Gasteiger charge is -2.38. The van der Waals surface area contributed by atoms with E-state index in [-0.39, 0.29) is 12.0 Å². The lowest BCUT2D eigenvalue weighted by atomic mass is 10.1. The Kier molecular flexibility index (Phi) is 3.40. The molecule has 1 aromatic carbocycles. The molecule has 1 fully saturated rings. The van der Waals surface area contributed by atoms with E-state index in [1.165, 1.54) is 11.3 Å². The van der Waals surface area contributed by atoms with Crippen molar-refractivity contribution in [1.82, 2.24) is 4.90 Å². The van der Waals surface area contributed by atoms with Crippen LogP contribution < -0.4 is 4.74 Å². The maximum absolute atomic E-state index is 12.0. The molecule has 2 heterocycles. The van der Waals surface area contributed by atoms with Gasteiger partial charge in [-0.15, -0.1) is 11.3 Å². The standard InChI is InChI=1S/C15H12N2O2S/c16-8-11-3-5-12(6-4-11)19-13-9-17(10-13)15(18)14-2-1-7-20-14/h1-7,13H,9-10H2. The third-order valence-electron chi connectivity index (χ3n) is 3.15. The molecule has 0 bridgehead atoms. The molecule has 0 atom stereocenters. The molecule has 1 saturated heterocycles. The minimum Gasteiger partial charge on any atom is -0.487 e. The number of ether oxygens (including phenoxy) is 1. The van der Waals surface area contributed by atoms with E-state index in [0.717, 1.165) is 10.6 Å². The summed E-state index contributed by atoms with van der Waals surface area (Å²) in [6.45, 7) is 1.22. The first-order chi connectivity index (χ1) is 9.76. The third-order valence-corrected chi connectivity index (χ3v) is 4.01. The molecule has 0 spiro atoms. The Hall–Kier alpha value is -2.32. The van der Waals surface area contributed by atoms with Gasteiger partial charge in [0.15, 0.2) is 0 Å². The Morgan fingerprint density at radius 1 is 1.30 bits per heavy atom. The smallest absolute Gasteiger partial charge is 0.264 e. The van der Waals surface area contributed by atoms with E-state index in [1.54, 1.807) is 29.2 Å². The van der Waals surface area contributed by atoms with Crippen molar-refractivity contribution in [2.24, 2.45) is 0 Å². The number of amides is 1. The zero-order chi connectivity index (χ0) is 13.9. The number of carbonyl (C=O) groups is 1. The number of nitrogens with zero attached hydrogens (tertiary/aromatic N) is 2. The Morgan fingerprint density at radius 2 is 2.05 bits per heavy atom. The molecule has 4 nitrogen and oxygen atoms in total. The van der Waals surface area contributed by atoms with E-state index in [4.69, 9.17) is 10.00 Å². The fourth-order valence-electron chi connectivity index (χ4n) is 2.04. The van der Waals surface area contributed by atoms with E-state index in [9.17, 15) is 4.79 Å². The summed E-state index contributed by atoms with van der Waals surface area (Å²) in [5.41, 5.74) is 0.612. The molecule has 3 rings (SSSR count). The third kappa shape index (κ3) is 2.51. The maximum Gasteiger partial charge on any atom is 0.264 e. The summed E-state index contributed by atoms with van der Waals surface area (Å²) in [7, 11) is 0. The fourth-order valence-corrected chi connectivity index (χ4v) is 2.73. The van der Waals surface area contributed by atoms with Gasteiger partial charge in [-0.3, -0.25) is 4.79 Å². The van der Waals surface area contributed by atoms with Crippen molar-refractivity contribution >= 4 is 17.2 Å². The maximum atomic E-state index is 12.0. The normalized spacial score (nSPS) is 14.4. The summed E-state index contributed by atoms with van der Waals surface area (Å²) in [4.78, 5) is 14.6. The minimum absolute atomic E-state index is 0.0341. The van der Waals surface area contributed by atoms with Crippen LogP contribution in [-0.2, 0) is 0 Å². The lowest BCUT2D eigenvalue weighted by Crippen LogP contribution is -2.56. The number of rotatable bonds is 3. The second-order valence-corrected chi connectivity index (χ2v) is 5.51. The van der Waals surface area contributed by atoms with E-state index in [2.05, 4.69) is 6.07 Å². The summed E-state index contributed by atoms with van der Waals surface area (Å²) in [5, 5.41) is 10.6. The highest BCUT2D eigenvalue weighted by molar-refractivity contribution is 7.12. The first kappa shape index (κ1) is 12.7. The Balaban J connectivity index is 1.53.